The van der Waals surface area contributed by atoms with E-state index in [1.165, 1.54) is 0 Å². The molecule has 1 saturated heterocycles. The summed E-state index contributed by atoms with van der Waals surface area (Å²) in [5.74, 6) is -0.450. The summed E-state index contributed by atoms with van der Waals surface area (Å²) in [4.78, 5) is 17.1. The first-order valence-electron chi connectivity index (χ1n) is 8.87. The Morgan fingerprint density at radius 2 is 1.78 bits per heavy atom. The number of pyridine rings is 1. The molecule has 1 aliphatic heterocycles. The Morgan fingerprint density at radius 3 is 2.37 bits per heavy atom. The van der Waals surface area contributed by atoms with Crippen LogP contribution in [-0.2, 0) is 19.4 Å². The number of hydrogen-bond acceptors (Lipinski definition) is 6. The molecular weight excluding hydrogens is 364 g/mol. The Morgan fingerprint density at radius 1 is 1.11 bits per heavy atom. The Kier molecular flexibility index (Phi) is 5.35. The normalized spacial score (nSPS) is 23.1. The van der Waals surface area contributed by atoms with Gasteiger partial charge in [0.1, 0.15) is 11.6 Å². The molecule has 1 fully saturated rings. The number of nitrogens with zero attached hydrogens (tertiary/aromatic N) is 1. The molecule has 0 radical (unpaired) electrons. The fourth-order valence-corrected chi connectivity index (χ4v) is 5.13. The van der Waals surface area contributed by atoms with Gasteiger partial charge in [-0.1, -0.05) is 24.3 Å². The van der Waals surface area contributed by atoms with Crippen LogP contribution in [-0.4, -0.2) is 36.3 Å². The Bertz CT molecular complexity index is 893. The molecule has 1 aromatic carbocycles. The van der Waals surface area contributed by atoms with Crippen molar-refractivity contribution in [2.24, 2.45) is 0 Å². The number of ether oxygens (including phenoxy) is 1. The number of carbonyl (C=O) groups is 1. The summed E-state index contributed by atoms with van der Waals surface area (Å²) in [6.45, 7) is 5.36. The van der Waals surface area contributed by atoms with Crippen molar-refractivity contribution in [1.29, 1.82) is 0 Å². The average molecular weight is 388 g/mol. The molecular formula is C20H24N2O4S. The van der Waals surface area contributed by atoms with Gasteiger partial charge in [0.05, 0.1) is 21.9 Å². The van der Waals surface area contributed by atoms with Crippen LogP contribution >= 0.6 is 0 Å². The Hall–Kier alpha value is -2.25. The van der Waals surface area contributed by atoms with Crippen LogP contribution in [0.1, 0.15) is 38.9 Å². The minimum Gasteiger partial charge on any atom is -0.459 e. The van der Waals surface area contributed by atoms with E-state index in [0.717, 1.165) is 0 Å². The molecule has 0 saturated carbocycles. The number of aromatic nitrogens is 1. The van der Waals surface area contributed by atoms with Crippen molar-refractivity contribution < 1.29 is 17.9 Å². The minimum atomic E-state index is -3.66. The van der Waals surface area contributed by atoms with Crippen molar-refractivity contribution in [3.8, 4) is 0 Å². The molecule has 27 heavy (non-hydrogen) atoms. The first-order valence-corrected chi connectivity index (χ1v) is 10.4. The van der Waals surface area contributed by atoms with Crippen molar-refractivity contribution in [3.63, 3.8) is 0 Å². The van der Waals surface area contributed by atoms with E-state index in [1.54, 1.807) is 75.5 Å². The zero-order valence-electron chi connectivity index (χ0n) is 15.6. The third-order valence-electron chi connectivity index (χ3n) is 4.39. The minimum absolute atomic E-state index is 0.132. The van der Waals surface area contributed by atoms with Crippen molar-refractivity contribution in [1.82, 2.24) is 10.3 Å². The summed E-state index contributed by atoms with van der Waals surface area (Å²) >= 11 is 0. The van der Waals surface area contributed by atoms with Crippen molar-refractivity contribution in [3.05, 3.63) is 60.4 Å². The van der Waals surface area contributed by atoms with E-state index in [4.69, 9.17) is 4.74 Å². The van der Waals surface area contributed by atoms with Gasteiger partial charge in [0.25, 0.3) is 0 Å². The summed E-state index contributed by atoms with van der Waals surface area (Å²) in [6, 6.07) is 12.3. The van der Waals surface area contributed by atoms with Crippen LogP contribution in [0.25, 0.3) is 0 Å². The van der Waals surface area contributed by atoms with Gasteiger partial charge in [-0.3, -0.25) is 15.1 Å². The maximum atomic E-state index is 13.3. The van der Waals surface area contributed by atoms with Gasteiger partial charge in [-0.25, -0.2) is 8.42 Å². The van der Waals surface area contributed by atoms with Gasteiger partial charge in [-0.05, 0) is 51.5 Å². The molecule has 3 atom stereocenters. The van der Waals surface area contributed by atoms with Gasteiger partial charge in [0.2, 0.25) is 0 Å². The monoisotopic (exact) mass is 388 g/mol. The number of rotatable bonds is 4. The lowest BCUT2D eigenvalue weighted by Crippen LogP contribution is -2.38. The molecule has 0 aliphatic carbocycles. The van der Waals surface area contributed by atoms with E-state index in [9.17, 15) is 13.2 Å². The number of esters is 1. The van der Waals surface area contributed by atoms with Crippen molar-refractivity contribution in [2.75, 3.05) is 0 Å². The van der Waals surface area contributed by atoms with E-state index >= 15 is 0 Å². The van der Waals surface area contributed by atoms with Crippen LogP contribution in [0.15, 0.2) is 59.6 Å². The van der Waals surface area contributed by atoms with E-state index in [2.05, 4.69) is 10.3 Å². The summed E-state index contributed by atoms with van der Waals surface area (Å²) in [5.41, 5.74) is -0.0524. The number of carbonyl (C=O) groups excluding carboxylic acids is 1. The lowest BCUT2D eigenvalue weighted by molar-refractivity contribution is -0.157. The molecule has 2 aromatic rings. The molecule has 1 aliphatic rings. The summed E-state index contributed by atoms with van der Waals surface area (Å²) < 4.78 is 32.0. The van der Waals surface area contributed by atoms with E-state index in [1.807, 2.05) is 0 Å². The van der Waals surface area contributed by atoms with Gasteiger partial charge in [0, 0.05) is 6.20 Å². The SMILES string of the molecule is CC(C)(C)OC(=O)[C@@H]1CC(S(=O)(=O)c2ccccc2)C(c2ccccn2)N1. The summed E-state index contributed by atoms with van der Waals surface area (Å²) in [7, 11) is -3.66. The zero-order valence-corrected chi connectivity index (χ0v) is 16.4. The quantitative estimate of drug-likeness (QED) is 0.811. The number of sulfone groups is 1. The van der Waals surface area contributed by atoms with Crippen LogP contribution in [0, 0.1) is 0 Å². The maximum absolute atomic E-state index is 13.3. The second-order valence-electron chi connectivity index (χ2n) is 7.62. The highest BCUT2D eigenvalue weighted by Crippen LogP contribution is 2.35. The molecule has 7 heteroatoms. The topological polar surface area (TPSA) is 85.4 Å². The molecule has 2 unspecified atom stereocenters. The lowest BCUT2D eigenvalue weighted by atomic mass is 10.1. The van der Waals surface area contributed by atoms with E-state index < -0.39 is 38.7 Å². The molecule has 0 amide bonds. The van der Waals surface area contributed by atoms with Crippen molar-refractivity contribution >= 4 is 15.8 Å². The fraction of sp³-hybridized carbons (Fsp3) is 0.400. The first-order chi connectivity index (χ1) is 12.7. The van der Waals surface area contributed by atoms with Crippen LogP contribution in [0.4, 0.5) is 0 Å². The molecule has 0 bridgehead atoms. The van der Waals surface area contributed by atoms with Crippen LogP contribution in [0.3, 0.4) is 0 Å². The molecule has 0 spiro atoms. The molecule has 2 heterocycles. The van der Waals surface area contributed by atoms with Gasteiger partial charge in [-0.15, -0.1) is 0 Å². The number of nitrogens with one attached hydrogen (secondary N) is 1. The first kappa shape index (κ1) is 19.5. The van der Waals surface area contributed by atoms with Gasteiger partial charge in [-0.2, -0.15) is 0 Å². The van der Waals surface area contributed by atoms with Gasteiger partial charge >= 0.3 is 5.97 Å². The van der Waals surface area contributed by atoms with E-state index in [-0.39, 0.29) is 11.3 Å². The third-order valence-corrected chi connectivity index (χ3v) is 6.58. The van der Waals surface area contributed by atoms with Crippen LogP contribution in [0.5, 0.6) is 0 Å². The van der Waals surface area contributed by atoms with Gasteiger partial charge in [0.15, 0.2) is 9.84 Å². The van der Waals surface area contributed by atoms with E-state index in [0.29, 0.717) is 5.69 Å². The smallest absolute Gasteiger partial charge is 0.323 e. The largest absolute Gasteiger partial charge is 0.459 e. The zero-order chi connectivity index (χ0) is 19.7. The molecule has 1 aromatic heterocycles. The van der Waals surface area contributed by atoms with Crippen LogP contribution < -0.4 is 5.32 Å². The van der Waals surface area contributed by atoms with Gasteiger partial charge < -0.3 is 4.74 Å². The third kappa shape index (κ3) is 4.36. The molecule has 1 N–H and O–H groups in total. The highest BCUT2D eigenvalue weighted by Gasteiger charge is 2.47. The number of hydrogen-bond donors (Lipinski definition) is 1. The Labute approximate surface area is 159 Å². The standard InChI is InChI=1S/C20H24N2O4S/c1-20(2,3)26-19(23)16-13-17(18(22-16)15-11-7-8-12-21-15)27(24,25)14-9-5-4-6-10-14/h4-12,16-18,22H,13H2,1-3H3/t16-,17?,18?/m0/s1. The summed E-state index contributed by atoms with van der Waals surface area (Å²) in [5, 5.41) is 2.33. The van der Waals surface area contributed by atoms with Crippen molar-refractivity contribution in [2.45, 2.75) is 55.0 Å². The highest BCUT2D eigenvalue weighted by molar-refractivity contribution is 7.92. The second kappa shape index (κ2) is 7.40. The number of benzene rings is 1. The lowest BCUT2D eigenvalue weighted by Gasteiger charge is -2.22. The van der Waals surface area contributed by atoms with Crippen LogP contribution in [0.2, 0.25) is 0 Å². The molecule has 144 valence electrons. The second-order valence-corrected chi connectivity index (χ2v) is 9.78. The molecule has 6 nitrogen and oxygen atoms in total. The average Bonchev–Trinajstić information content (AvgIpc) is 3.08. The Balaban J connectivity index is 1.95. The highest BCUT2D eigenvalue weighted by atomic mass is 32.2. The predicted molar refractivity (Wildman–Crippen MR) is 102 cm³/mol. The molecule has 3 rings (SSSR count). The summed E-state index contributed by atoms with van der Waals surface area (Å²) in [6.07, 6.45) is 1.75. The fourth-order valence-electron chi connectivity index (χ4n) is 3.22. The maximum Gasteiger partial charge on any atom is 0.323 e. The predicted octanol–water partition coefficient (Wildman–Crippen LogP) is 2.67.